The predicted octanol–water partition coefficient (Wildman–Crippen LogP) is 2.97. The van der Waals surface area contributed by atoms with Gasteiger partial charge in [-0.1, -0.05) is 42.5 Å². The van der Waals surface area contributed by atoms with Crippen molar-refractivity contribution in [3.8, 4) is 0 Å². The first-order valence-corrected chi connectivity index (χ1v) is 12.1. The monoisotopic (exact) mass is 431 g/mol. The number of benzene rings is 2. The summed E-state index contributed by atoms with van der Waals surface area (Å²) < 4.78 is 26.5. The van der Waals surface area contributed by atoms with Gasteiger partial charge in [-0.2, -0.15) is 4.31 Å². The molecule has 0 spiro atoms. The Kier molecular flexibility index (Phi) is 7.49. The molecular formula is C21H25N3O3S2. The fourth-order valence-electron chi connectivity index (χ4n) is 3.10. The quantitative estimate of drug-likeness (QED) is 0.683. The van der Waals surface area contributed by atoms with Gasteiger partial charge in [0.1, 0.15) is 0 Å². The molecule has 2 aromatic rings. The lowest BCUT2D eigenvalue weighted by Crippen LogP contribution is -2.49. The lowest BCUT2D eigenvalue weighted by molar-refractivity contribution is -0.117. The molecule has 0 radical (unpaired) electrons. The molecule has 6 nitrogen and oxygen atoms in total. The molecular weight excluding hydrogens is 406 g/mol. The van der Waals surface area contributed by atoms with Crippen molar-refractivity contribution < 1.29 is 13.2 Å². The van der Waals surface area contributed by atoms with Crippen molar-refractivity contribution in [3.05, 3.63) is 65.6 Å². The molecule has 0 aromatic heterocycles. The Bertz CT molecular complexity index is 954. The van der Waals surface area contributed by atoms with Gasteiger partial charge in [-0.3, -0.25) is 9.69 Å². The summed E-state index contributed by atoms with van der Waals surface area (Å²) in [6.45, 7) is 2.04. The molecule has 8 heteroatoms. The molecule has 1 N–H and O–H groups in total. The normalized spacial score (nSPS) is 16.2. The minimum absolute atomic E-state index is 0.0909. The highest BCUT2D eigenvalue weighted by atomic mass is 32.2. The molecule has 1 saturated heterocycles. The van der Waals surface area contributed by atoms with Crippen LogP contribution in [0.4, 0.5) is 5.69 Å². The van der Waals surface area contributed by atoms with Crippen LogP contribution in [0.2, 0.25) is 0 Å². The van der Waals surface area contributed by atoms with E-state index in [9.17, 15) is 13.2 Å². The first-order chi connectivity index (χ1) is 14.0. The Balaban J connectivity index is 1.51. The molecule has 0 aliphatic carbocycles. The highest BCUT2D eigenvalue weighted by Crippen LogP contribution is 2.24. The Morgan fingerprint density at radius 1 is 1.03 bits per heavy atom. The number of para-hydroxylation sites is 1. The second-order valence-corrected chi connectivity index (χ2v) is 9.35. The number of piperazine rings is 1. The summed E-state index contributed by atoms with van der Waals surface area (Å²) in [7, 11) is -3.47. The van der Waals surface area contributed by atoms with Crippen molar-refractivity contribution in [2.24, 2.45) is 0 Å². The molecule has 1 fully saturated rings. The molecule has 29 heavy (non-hydrogen) atoms. The molecule has 1 amide bonds. The highest BCUT2D eigenvalue weighted by Gasteiger charge is 2.26. The molecule has 154 valence electrons. The summed E-state index contributed by atoms with van der Waals surface area (Å²) in [5, 5.41) is 4.20. The van der Waals surface area contributed by atoms with Crippen LogP contribution in [0.1, 0.15) is 5.56 Å². The molecule has 0 saturated carbocycles. The van der Waals surface area contributed by atoms with E-state index < -0.39 is 10.0 Å². The lowest BCUT2D eigenvalue weighted by Gasteiger charge is -2.32. The number of nitrogens with one attached hydrogen (secondary N) is 1. The van der Waals surface area contributed by atoms with Crippen molar-refractivity contribution in [1.29, 1.82) is 0 Å². The smallest absolute Gasteiger partial charge is 0.238 e. The number of anilines is 1. The van der Waals surface area contributed by atoms with Crippen molar-refractivity contribution >= 4 is 39.5 Å². The first-order valence-electron chi connectivity index (χ1n) is 9.36. The minimum atomic E-state index is -3.47. The van der Waals surface area contributed by atoms with Crippen molar-refractivity contribution in [2.75, 3.05) is 44.3 Å². The molecule has 0 unspecified atom stereocenters. The topological polar surface area (TPSA) is 69.7 Å². The van der Waals surface area contributed by atoms with Crippen LogP contribution in [0.3, 0.4) is 0 Å². The second-order valence-electron chi connectivity index (χ2n) is 6.68. The van der Waals surface area contributed by atoms with E-state index in [1.54, 1.807) is 17.8 Å². The summed E-state index contributed by atoms with van der Waals surface area (Å²) in [5.41, 5.74) is 1.65. The summed E-state index contributed by atoms with van der Waals surface area (Å²) in [6, 6.07) is 17.0. The van der Waals surface area contributed by atoms with Gasteiger partial charge in [0.2, 0.25) is 15.9 Å². The van der Waals surface area contributed by atoms with E-state index in [-0.39, 0.29) is 12.5 Å². The number of thioether (sulfide) groups is 1. The van der Waals surface area contributed by atoms with Gasteiger partial charge in [0.25, 0.3) is 0 Å². The number of hydrogen-bond acceptors (Lipinski definition) is 5. The molecule has 1 aliphatic rings. The summed E-state index contributed by atoms with van der Waals surface area (Å²) in [4.78, 5) is 15.4. The number of carbonyl (C=O) groups excluding carboxylic acids is 1. The maximum atomic E-state index is 12.5. The number of carbonyl (C=O) groups is 1. The zero-order valence-corrected chi connectivity index (χ0v) is 18.0. The molecule has 0 bridgehead atoms. The van der Waals surface area contributed by atoms with Gasteiger partial charge in [0.05, 0.1) is 12.2 Å². The number of rotatable bonds is 7. The van der Waals surface area contributed by atoms with E-state index in [1.807, 2.05) is 65.8 Å². The standard InChI is InChI=1S/C21H25N3O3S2/c1-28-20-10-6-5-9-19(20)22-21(25)17-23-12-14-24(15-13-23)29(26,27)16-11-18-7-3-2-4-8-18/h2-11,16H,12-15,17H2,1H3,(H,22,25). The first kappa shape index (κ1) is 21.6. The zero-order chi connectivity index (χ0) is 20.7. The number of hydrogen-bond donors (Lipinski definition) is 1. The van der Waals surface area contributed by atoms with Gasteiger partial charge in [-0.05, 0) is 30.0 Å². The van der Waals surface area contributed by atoms with Gasteiger partial charge in [0.15, 0.2) is 0 Å². The Hall–Kier alpha value is -2.13. The molecule has 3 rings (SSSR count). The van der Waals surface area contributed by atoms with Crippen LogP contribution in [-0.4, -0.2) is 62.5 Å². The average molecular weight is 432 g/mol. The number of nitrogens with zero attached hydrogens (tertiary/aromatic N) is 2. The summed E-state index contributed by atoms with van der Waals surface area (Å²) >= 11 is 1.58. The maximum absolute atomic E-state index is 12.5. The number of amides is 1. The van der Waals surface area contributed by atoms with E-state index in [0.29, 0.717) is 26.2 Å². The third-order valence-corrected chi connectivity index (χ3v) is 7.03. The largest absolute Gasteiger partial charge is 0.324 e. The Labute approximate surface area is 176 Å². The lowest BCUT2D eigenvalue weighted by atomic mass is 10.2. The third-order valence-electron chi connectivity index (χ3n) is 4.67. The van der Waals surface area contributed by atoms with Crippen molar-refractivity contribution in [3.63, 3.8) is 0 Å². The van der Waals surface area contributed by atoms with Crippen LogP contribution < -0.4 is 5.32 Å². The average Bonchev–Trinajstić information content (AvgIpc) is 2.74. The Morgan fingerprint density at radius 3 is 2.38 bits per heavy atom. The van der Waals surface area contributed by atoms with Crippen LogP contribution >= 0.6 is 11.8 Å². The van der Waals surface area contributed by atoms with Crippen molar-refractivity contribution in [2.45, 2.75) is 4.90 Å². The summed E-state index contributed by atoms with van der Waals surface area (Å²) in [6.07, 6.45) is 3.58. The van der Waals surface area contributed by atoms with Crippen LogP contribution in [0.5, 0.6) is 0 Å². The van der Waals surface area contributed by atoms with Crippen LogP contribution in [0, 0.1) is 0 Å². The van der Waals surface area contributed by atoms with Gasteiger partial charge >= 0.3 is 0 Å². The predicted molar refractivity (Wildman–Crippen MR) is 119 cm³/mol. The van der Waals surface area contributed by atoms with E-state index in [4.69, 9.17) is 0 Å². The zero-order valence-electron chi connectivity index (χ0n) is 16.3. The minimum Gasteiger partial charge on any atom is -0.324 e. The molecule has 2 aromatic carbocycles. The summed E-state index contributed by atoms with van der Waals surface area (Å²) in [5.74, 6) is -0.0909. The van der Waals surface area contributed by atoms with Crippen molar-refractivity contribution in [1.82, 2.24) is 9.21 Å². The maximum Gasteiger partial charge on any atom is 0.238 e. The number of sulfonamides is 1. The van der Waals surface area contributed by atoms with Gasteiger partial charge in [-0.25, -0.2) is 8.42 Å². The van der Waals surface area contributed by atoms with Gasteiger partial charge in [-0.15, -0.1) is 11.8 Å². The van der Waals surface area contributed by atoms with Crippen LogP contribution in [0.15, 0.2) is 64.9 Å². The molecule has 0 atom stereocenters. The van der Waals surface area contributed by atoms with E-state index in [1.165, 1.54) is 9.71 Å². The molecule has 1 aliphatic heterocycles. The van der Waals surface area contributed by atoms with Crippen LogP contribution in [0.25, 0.3) is 6.08 Å². The second kappa shape index (κ2) is 10.1. The van der Waals surface area contributed by atoms with E-state index in [2.05, 4.69) is 5.32 Å². The van der Waals surface area contributed by atoms with E-state index in [0.717, 1.165) is 16.1 Å². The third kappa shape index (κ3) is 6.17. The fourth-order valence-corrected chi connectivity index (χ4v) is 4.82. The Morgan fingerprint density at radius 2 is 1.69 bits per heavy atom. The fraction of sp³-hybridized carbons (Fsp3) is 0.286. The van der Waals surface area contributed by atoms with E-state index >= 15 is 0 Å². The molecule has 1 heterocycles. The highest BCUT2D eigenvalue weighted by molar-refractivity contribution is 7.98. The van der Waals surface area contributed by atoms with Gasteiger partial charge < -0.3 is 5.32 Å². The van der Waals surface area contributed by atoms with Crippen LogP contribution in [-0.2, 0) is 14.8 Å². The SMILES string of the molecule is CSc1ccccc1NC(=O)CN1CCN(S(=O)(=O)C=Cc2ccccc2)CC1. The van der Waals surface area contributed by atoms with Gasteiger partial charge in [0, 0.05) is 36.5 Å².